The van der Waals surface area contributed by atoms with Crippen LogP contribution in [0.4, 0.5) is 0 Å². The molecule has 2 unspecified atom stereocenters. The highest BCUT2D eigenvalue weighted by molar-refractivity contribution is 6.42. The number of carboxylic acids is 1. The topological polar surface area (TPSA) is 75.6 Å². The summed E-state index contributed by atoms with van der Waals surface area (Å²) < 4.78 is 5.45. The van der Waals surface area contributed by atoms with Crippen LogP contribution in [-0.4, -0.2) is 29.6 Å². The fourth-order valence-electron chi connectivity index (χ4n) is 1.60. The van der Waals surface area contributed by atoms with Crippen LogP contribution < -0.4 is 10.1 Å². The SMILES string of the molecule is CC(CNC(=O)C(C)Oc1ccc(Cl)c(Cl)c1)CC(=O)O. The molecule has 7 heteroatoms. The van der Waals surface area contributed by atoms with E-state index in [0.717, 1.165) is 0 Å². The van der Waals surface area contributed by atoms with E-state index in [-0.39, 0.29) is 24.8 Å². The lowest BCUT2D eigenvalue weighted by molar-refractivity contribution is -0.138. The maximum absolute atomic E-state index is 11.8. The summed E-state index contributed by atoms with van der Waals surface area (Å²) in [5.74, 6) is -0.926. The smallest absolute Gasteiger partial charge is 0.303 e. The summed E-state index contributed by atoms with van der Waals surface area (Å²) in [6, 6.07) is 4.73. The second-order valence-electron chi connectivity index (χ2n) is 4.78. The number of rotatable bonds is 7. The minimum atomic E-state index is -0.892. The first-order chi connectivity index (χ1) is 9.79. The second kappa shape index (κ2) is 8.10. The molecule has 116 valence electrons. The quantitative estimate of drug-likeness (QED) is 0.804. The minimum absolute atomic E-state index is 0.00229. The molecule has 2 atom stereocenters. The van der Waals surface area contributed by atoms with E-state index >= 15 is 0 Å². The van der Waals surface area contributed by atoms with E-state index in [0.29, 0.717) is 15.8 Å². The van der Waals surface area contributed by atoms with Crippen LogP contribution in [0.5, 0.6) is 5.75 Å². The molecule has 1 amide bonds. The van der Waals surface area contributed by atoms with Crippen LogP contribution in [0.2, 0.25) is 10.0 Å². The summed E-state index contributed by atoms with van der Waals surface area (Å²) in [6.45, 7) is 3.62. The molecule has 0 spiro atoms. The summed E-state index contributed by atoms with van der Waals surface area (Å²) in [4.78, 5) is 22.4. The van der Waals surface area contributed by atoms with Crippen LogP contribution in [0.15, 0.2) is 18.2 Å². The Morgan fingerprint density at radius 2 is 1.95 bits per heavy atom. The predicted octanol–water partition coefficient (Wildman–Crippen LogP) is 2.99. The normalized spacial score (nSPS) is 13.3. The number of hydrogen-bond donors (Lipinski definition) is 2. The third-order valence-corrected chi connectivity index (χ3v) is 3.46. The fraction of sp³-hybridized carbons (Fsp3) is 0.429. The third-order valence-electron chi connectivity index (χ3n) is 2.72. The lowest BCUT2D eigenvalue weighted by Gasteiger charge is -2.16. The van der Waals surface area contributed by atoms with Gasteiger partial charge in [0.1, 0.15) is 5.75 Å². The van der Waals surface area contributed by atoms with Gasteiger partial charge in [0.05, 0.1) is 10.0 Å². The van der Waals surface area contributed by atoms with Crippen molar-refractivity contribution in [3.05, 3.63) is 28.2 Å². The van der Waals surface area contributed by atoms with Crippen molar-refractivity contribution in [3.63, 3.8) is 0 Å². The van der Waals surface area contributed by atoms with E-state index in [1.165, 1.54) is 6.07 Å². The van der Waals surface area contributed by atoms with Gasteiger partial charge in [0, 0.05) is 19.0 Å². The van der Waals surface area contributed by atoms with Gasteiger partial charge in [0.15, 0.2) is 6.10 Å². The first-order valence-electron chi connectivity index (χ1n) is 6.40. The Morgan fingerprint density at radius 1 is 1.29 bits per heavy atom. The Balaban J connectivity index is 2.47. The van der Waals surface area contributed by atoms with Crippen LogP contribution in [0.1, 0.15) is 20.3 Å². The molecule has 1 aromatic carbocycles. The first kappa shape index (κ1) is 17.6. The van der Waals surface area contributed by atoms with Crippen molar-refractivity contribution in [2.75, 3.05) is 6.54 Å². The zero-order chi connectivity index (χ0) is 16.0. The van der Waals surface area contributed by atoms with E-state index < -0.39 is 12.1 Å². The molecule has 0 aliphatic carbocycles. The van der Waals surface area contributed by atoms with Crippen LogP contribution in [0.3, 0.4) is 0 Å². The van der Waals surface area contributed by atoms with Crippen LogP contribution in [0, 0.1) is 5.92 Å². The maximum Gasteiger partial charge on any atom is 0.303 e. The lowest BCUT2D eigenvalue weighted by atomic mass is 10.1. The molecule has 0 aliphatic heterocycles. The first-order valence-corrected chi connectivity index (χ1v) is 7.16. The molecular formula is C14H17Cl2NO4. The van der Waals surface area contributed by atoms with Crippen molar-refractivity contribution >= 4 is 35.1 Å². The van der Waals surface area contributed by atoms with Gasteiger partial charge in [-0.25, -0.2) is 0 Å². The molecule has 5 nitrogen and oxygen atoms in total. The van der Waals surface area contributed by atoms with E-state index in [2.05, 4.69) is 5.32 Å². The van der Waals surface area contributed by atoms with Crippen molar-refractivity contribution in [3.8, 4) is 5.75 Å². The number of ether oxygens (including phenoxy) is 1. The highest BCUT2D eigenvalue weighted by Gasteiger charge is 2.16. The van der Waals surface area contributed by atoms with Crippen molar-refractivity contribution in [2.45, 2.75) is 26.4 Å². The average molecular weight is 334 g/mol. The zero-order valence-electron chi connectivity index (χ0n) is 11.7. The molecule has 0 heterocycles. The zero-order valence-corrected chi connectivity index (χ0v) is 13.2. The molecule has 0 fully saturated rings. The van der Waals surface area contributed by atoms with Crippen molar-refractivity contribution in [2.24, 2.45) is 5.92 Å². The molecule has 0 bridgehead atoms. The van der Waals surface area contributed by atoms with E-state index in [9.17, 15) is 9.59 Å². The Bertz CT molecular complexity index is 522. The lowest BCUT2D eigenvalue weighted by Crippen LogP contribution is -2.38. The Labute approximate surface area is 133 Å². The van der Waals surface area contributed by atoms with E-state index in [1.54, 1.807) is 26.0 Å². The van der Waals surface area contributed by atoms with Gasteiger partial charge in [-0.15, -0.1) is 0 Å². The summed E-state index contributed by atoms with van der Waals surface area (Å²) in [6.07, 6.45) is -0.721. The highest BCUT2D eigenvalue weighted by atomic mass is 35.5. The van der Waals surface area contributed by atoms with Gasteiger partial charge in [0.2, 0.25) is 0 Å². The fourth-order valence-corrected chi connectivity index (χ4v) is 1.88. The Morgan fingerprint density at radius 3 is 2.52 bits per heavy atom. The molecule has 2 N–H and O–H groups in total. The van der Waals surface area contributed by atoms with Gasteiger partial charge in [-0.3, -0.25) is 9.59 Å². The molecule has 0 aromatic heterocycles. The Hall–Kier alpha value is -1.46. The minimum Gasteiger partial charge on any atom is -0.481 e. The monoisotopic (exact) mass is 333 g/mol. The number of amides is 1. The molecule has 21 heavy (non-hydrogen) atoms. The largest absolute Gasteiger partial charge is 0.481 e. The predicted molar refractivity (Wildman–Crippen MR) is 81.0 cm³/mol. The molecule has 1 aromatic rings. The van der Waals surface area contributed by atoms with E-state index in [4.69, 9.17) is 33.0 Å². The van der Waals surface area contributed by atoms with Crippen molar-refractivity contribution in [1.82, 2.24) is 5.32 Å². The highest BCUT2D eigenvalue weighted by Crippen LogP contribution is 2.26. The maximum atomic E-state index is 11.8. The van der Waals surface area contributed by atoms with Gasteiger partial charge in [-0.05, 0) is 25.0 Å². The molecule has 0 saturated heterocycles. The number of benzene rings is 1. The van der Waals surface area contributed by atoms with Crippen LogP contribution in [-0.2, 0) is 9.59 Å². The summed E-state index contributed by atoms with van der Waals surface area (Å²) in [5.41, 5.74) is 0. The number of carbonyl (C=O) groups excluding carboxylic acids is 1. The summed E-state index contributed by atoms with van der Waals surface area (Å²) >= 11 is 11.7. The molecule has 0 radical (unpaired) electrons. The number of aliphatic carboxylic acids is 1. The molecule has 1 rings (SSSR count). The van der Waals surface area contributed by atoms with Gasteiger partial charge in [-0.1, -0.05) is 30.1 Å². The third kappa shape index (κ3) is 6.23. The van der Waals surface area contributed by atoms with Gasteiger partial charge in [-0.2, -0.15) is 0 Å². The standard InChI is InChI=1S/C14H17Cl2NO4/c1-8(5-13(18)19)7-17-14(20)9(2)21-10-3-4-11(15)12(16)6-10/h3-4,6,8-9H,5,7H2,1-2H3,(H,17,20)(H,18,19). The van der Waals surface area contributed by atoms with Crippen LogP contribution >= 0.6 is 23.2 Å². The number of carbonyl (C=O) groups is 2. The van der Waals surface area contributed by atoms with Gasteiger partial charge >= 0.3 is 5.97 Å². The summed E-state index contributed by atoms with van der Waals surface area (Å²) in [7, 11) is 0. The molecular weight excluding hydrogens is 317 g/mol. The van der Waals surface area contributed by atoms with Crippen molar-refractivity contribution in [1.29, 1.82) is 0 Å². The van der Waals surface area contributed by atoms with Gasteiger partial charge < -0.3 is 15.2 Å². The number of hydrogen-bond acceptors (Lipinski definition) is 3. The van der Waals surface area contributed by atoms with Gasteiger partial charge in [0.25, 0.3) is 5.91 Å². The molecule has 0 aliphatic rings. The number of halogens is 2. The Kier molecular flexibility index (Phi) is 6.78. The van der Waals surface area contributed by atoms with E-state index in [1.807, 2.05) is 0 Å². The number of nitrogens with one attached hydrogen (secondary N) is 1. The summed E-state index contributed by atoms with van der Waals surface area (Å²) in [5, 5.41) is 12.0. The second-order valence-corrected chi connectivity index (χ2v) is 5.60. The van der Waals surface area contributed by atoms with Crippen molar-refractivity contribution < 1.29 is 19.4 Å². The van der Waals surface area contributed by atoms with Crippen LogP contribution in [0.25, 0.3) is 0 Å². The number of carboxylic acid groups (broad SMARTS) is 1. The average Bonchev–Trinajstić information content (AvgIpc) is 2.39. The molecule has 0 saturated carbocycles.